The molecule has 0 bridgehead atoms. The molecule has 0 radical (unpaired) electrons. The number of hydrogen-bond donors (Lipinski definition) is 1. The van der Waals surface area contributed by atoms with E-state index in [1.807, 2.05) is 14.0 Å². The number of likely N-dealkylation sites (N-methyl/N-ethyl adjacent to an activating group) is 1. The highest BCUT2D eigenvalue weighted by Gasteiger charge is 2.18. The van der Waals surface area contributed by atoms with Crippen molar-refractivity contribution in [3.63, 3.8) is 0 Å². The summed E-state index contributed by atoms with van der Waals surface area (Å²) in [5.74, 6) is 0.408. The molecule has 21 heavy (non-hydrogen) atoms. The number of hydrogen-bond acceptors (Lipinski definition) is 2. The summed E-state index contributed by atoms with van der Waals surface area (Å²) in [5.41, 5.74) is 4.82. The topological polar surface area (TPSA) is 29.9 Å². The van der Waals surface area contributed by atoms with Crippen LogP contribution in [-0.2, 0) is 13.5 Å². The molecular formula is C17H24ClN3. The van der Waals surface area contributed by atoms with Crippen LogP contribution in [0.1, 0.15) is 35.2 Å². The van der Waals surface area contributed by atoms with Gasteiger partial charge in [-0.3, -0.25) is 4.68 Å². The van der Waals surface area contributed by atoms with Gasteiger partial charge in [0.15, 0.2) is 0 Å². The Balaban J connectivity index is 2.25. The first-order valence-corrected chi connectivity index (χ1v) is 7.86. The second-order valence-corrected chi connectivity index (χ2v) is 5.96. The van der Waals surface area contributed by atoms with Gasteiger partial charge in [-0.15, -0.1) is 0 Å². The fourth-order valence-electron chi connectivity index (χ4n) is 2.62. The minimum absolute atomic E-state index is 0.408. The lowest BCUT2D eigenvalue weighted by molar-refractivity contribution is 0.594. The third kappa shape index (κ3) is 3.86. The average molecular weight is 306 g/mol. The molecule has 114 valence electrons. The maximum Gasteiger partial charge on any atom is 0.130 e. The van der Waals surface area contributed by atoms with Crippen LogP contribution in [0.2, 0.25) is 5.15 Å². The van der Waals surface area contributed by atoms with Gasteiger partial charge in [0.25, 0.3) is 0 Å². The summed E-state index contributed by atoms with van der Waals surface area (Å²) in [5, 5.41) is 8.62. The Hall–Kier alpha value is -1.32. The van der Waals surface area contributed by atoms with Gasteiger partial charge in [-0.1, -0.05) is 48.4 Å². The Labute approximate surface area is 132 Å². The lowest BCUT2D eigenvalue weighted by atomic mass is 9.91. The molecule has 0 saturated carbocycles. The van der Waals surface area contributed by atoms with E-state index in [1.54, 1.807) is 4.68 Å². The Morgan fingerprint density at radius 3 is 2.43 bits per heavy atom. The molecule has 0 fully saturated rings. The van der Waals surface area contributed by atoms with Crippen molar-refractivity contribution in [2.45, 2.75) is 33.1 Å². The van der Waals surface area contributed by atoms with Crippen LogP contribution >= 0.6 is 11.6 Å². The zero-order valence-corrected chi connectivity index (χ0v) is 14.0. The highest BCUT2D eigenvalue weighted by molar-refractivity contribution is 6.30. The van der Waals surface area contributed by atoms with E-state index in [4.69, 9.17) is 11.6 Å². The Morgan fingerprint density at radius 1 is 1.24 bits per heavy atom. The zero-order valence-electron chi connectivity index (χ0n) is 13.3. The molecule has 2 aromatic rings. The fourth-order valence-corrected chi connectivity index (χ4v) is 2.87. The molecule has 1 atom stereocenters. The van der Waals surface area contributed by atoms with E-state index in [-0.39, 0.29) is 0 Å². The van der Waals surface area contributed by atoms with Crippen molar-refractivity contribution in [3.05, 3.63) is 51.8 Å². The summed E-state index contributed by atoms with van der Waals surface area (Å²) in [4.78, 5) is 0. The van der Waals surface area contributed by atoms with Gasteiger partial charge in [-0.25, -0.2) is 0 Å². The monoisotopic (exact) mass is 305 g/mol. The van der Waals surface area contributed by atoms with Gasteiger partial charge >= 0.3 is 0 Å². The standard InChI is InChI=1S/C17H24ClN3/c1-5-19-11-15(14-8-6-12(2)7-9-14)10-16-13(3)20-21(4)17(16)18/h6-9,15,19H,5,10-11H2,1-4H3. The highest BCUT2D eigenvalue weighted by atomic mass is 35.5. The number of nitrogens with one attached hydrogen (secondary N) is 1. The summed E-state index contributed by atoms with van der Waals surface area (Å²) in [6.07, 6.45) is 0.911. The van der Waals surface area contributed by atoms with Crippen molar-refractivity contribution in [2.24, 2.45) is 7.05 Å². The van der Waals surface area contributed by atoms with E-state index >= 15 is 0 Å². The number of aromatic nitrogens is 2. The summed E-state index contributed by atoms with van der Waals surface area (Å²) in [6.45, 7) is 8.20. The van der Waals surface area contributed by atoms with Gasteiger partial charge < -0.3 is 5.32 Å². The maximum atomic E-state index is 6.38. The number of benzene rings is 1. The molecule has 4 heteroatoms. The molecule has 1 heterocycles. The van der Waals surface area contributed by atoms with Crippen LogP contribution in [0.4, 0.5) is 0 Å². The molecule has 0 spiro atoms. The molecule has 0 aliphatic heterocycles. The van der Waals surface area contributed by atoms with E-state index in [0.717, 1.165) is 35.9 Å². The van der Waals surface area contributed by atoms with Gasteiger partial charge in [0, 0.05) is 25.1 Å². The highest BCUT2D eigenvalue weighted by Crippen LogP contribution is 2.27. The SMILES string of the molecule is CCNCC(Cc1c(C)nn(C)c1Cl)c1ccc(C)cc1. The summed E-state index contributed by atoms with van der Waals surface area (Å²) in [6, 6.07) is 8.78. The van der Waals surface area contributed by atoms with Gasteiger partial charge in [0.2, 0.25) is 0 Å². The van der Waals surface area contributed by atoms with Crippen LogP contribution in [0.5, 0.6) is 0 Å². The van der Waals surface area contributed by atoms with Crippen LogP contribution in [0, 0.1) is 13.8 Å². The number of aryl methyl sites for hydroxylation is 3. The van der Waals surface area contributed by atoms with Crippen molar-refractivity contribution in [2.75, 3.05) is 13.1 Å². The molecule has 3 nitrogen and oxygen atoms in total. The van der Waals surface area contributed by atoms with E-state index in [1.165, 1.54) is 11.1 Å². The first-order valence-electron chi connectivity index (χ1n) is 7.48. The molecule has 1 aromatic carbocycles. The summed E-state index contributed by atoms with van der Waals surface area (Å²) < 4.78 is 1.76. The molecule has 0 amide bonds. The van der Waals surface area contributed by atoms with Crippen LogP contribution in [-0.4, -0.2) is 22.9 Å². The predicted octanol–water partition coefficient (Wildman–Crippen LogP) is 3.63. The van der Waals surface area contributed by atoms with E-state index < -0.39 is 0 Å². The number of halogens is 1. The molecule has 0 aliphatic carbocycles. The lowest BCUT2D eigenvalue weighted by Crippen LogP contribution is -2.23. The minimum atomic E-state index is 0.408. The van der Waals surface area contributed by atoms with Crippen molar-refractivity contribution < 1.29 is 0 Å². The maximum absolute atomic E-state index is 6.38. The third-order valence-electron chi connectivity index (χ3n) is 3.91. The number of nitrogens with zero attached hydrogens (tertiary/aromatic N) is 2. The largest absolute Gasteiger partial charge is 0.316 e. The Kier molecular flexibility index (Phi) is 5.43. The summed E-state index contributed by atoms with van der Waals surface area (Å²) in [7, 11) is 1.89. The fraction of sp³-hybridized carbons (Fsp3) is 0.471. The molecule has 1 unspecified atom stereocenters. The van der Waals surface area contributed by atoms with Crippen molar-refractivity contribution in [1.82, 2.24) is 15.1 Å². The minimum Gasteiger partial charge on any atom is -0.316 e. The first kappa shape index (κ1) is 16.1. The molecule has 0 saturated heterocycles. The molecule has 1 aromatic heterocycles. The van der Waals surface area contributed by atoms with E-state index in [2.05, 4.69) is 48.5 Å². The van der Waals surface area contributed by atoms with Gasteiger partial charge in [0.1, 0.15) is 5.15 Å². The van der Waals surface area contributed by atoms with Gasteiger partial charge in [-0.2, -0.15) is 5.10 Å². The normalized spacial score (nSPS) is 12.6. The first-order chi connectivity index (χ1) is 10.0. The Bertz CT molecular complexity index is 587. The van der Waals surface area contributed by atoms with Crippen LogP contribution in [0.15, 0.2) is 24.3 Å². The van der Waals surface area contributed by atoms with Gasteiger partial charge in [0.05, 0.1) is 5.69 Å². The quantitative estimate of drug-likeness (QED) is 0.883. The van der Waals surface area contributed by atoms with Crippen molar-refractivity contribution in [1.29, 1.82) is 0 Å². The van der Waals surface area contributed by atoms with Crippen molar-refractivity contribution in [3.8, 4) is 0 Å². The molecular weight excluding hydrogens is 282 g/mol. The number of rotatable bonds is 6. The van der Waals surface area contributed by atoms with Crippen molar-refractivity contribution >= 4 is 11.6 Å². The zero-order chi connectivity index (χ0) is 15.4. The van der Waals surface area contributed by atoms with E-state index in [0.29, 0.717) is 5.92 Å². The lowest BCUT2D eigenvalue weighted by Gasteiger charge is -2.18. The molecule has 0 aliphatic rings. The predicted molar refractivity (Wildman–Crippen MR) is 89.1 cm³/mol. The van der Waals surface area contributed by atoms with Crippen LogP contribution < -0.4 is 5.32 Å². The molecule has 1 N–H and O–H groups in total. The second-order valence-electron chi connectivity index (χ2n) is 5.60. The smallest absolute Gasteiger partial charge is 0.130 e. The second kappa shape index (κ2) is 7.10. The van der Waals surface area contributed by atoms with Crippen LogP contribution in [0.25, 0.3) is 0 Å². The van der Waals surface area contributed by atoms with Gasteiger partial charge in [-0.05, 0) is 32.4 Å². The molecule has 2 rings (SSSR count). The summed E-state index contributed by atoms with van der Waals surface area (Å²) >= 11 is 6.38. The Morgan fingerprint density at radius 2 is 1.90 bits per heavy atom. The van der Waals surface area contributed by atoms with Crippen LogP contribution in [0.3, 0.4) is 0 Å². The van der Waals surface area contributed by atoms with E-state index in [9.17, 15) is 0 Å². The third-order valence-corrected chi connectivity index (χ3v) is 4.38. The average Bonchev–Trinajstić information content (AvgIpc) is 2.70.